The van der Waals surface area contributed by atoms with E-state index in [2.05, 4.69) is 17.6 Å². The van der Waals surface area contributed by atoms with Crippen molar-refractivity contribution in [3.63, 3.8) is 0 Å². The van der Waals surface area contributed by atoms with E-state index in [0.29, 0.717) is 124 Å². The molecule has 0 aliphatic carbocycles. The first-order valence-corrected chi connectivity index (χ1v) is 16.1. The molecule has 0 fully saturated rings. The van der Waals surface area contributed by atoms with Gasteiger partial charge in [0, 0.05) is 18.8 Å². The summed E-state index contributed by atoms with van der Waals surface area (Å²) in [7, 11) is 1.89. The molecule has 45 heavy (non-hydrogen) atoms. The van der Waals surface area contributed by atoms with Gasteiger partial charge in [-0.3, -0.25) is 0 Å². The molecule has 0 aromatic heterocycles. The van der Waals surface area contributed by atoms with E-state index in [9.17, 15) is 4.79 Å². The average Bonchev–Trinajstić information content (AvgIpc) is 3.06. The van der Waals surface area contributed by atoms with Crippen LogP contribution in [-0.2, 0) is 47.4 Å². The Kier molecular flexibility index (Phi) is 30.6. The summed E-state index contributed by atoms with van der Waals surface area (Å²) < 4.78 is 54.3. The number of likely N-dealkylation sites (N-methyl/N-ethyl adjacent to an activating group) is 1. The third kappa shape index (κ3) is 28.1. The third-order valence-electron chi connectivity index (χ3n) is 5.91. The molecule has 2 N–H and O–H groups in total. The Morgan fingerprint density at radius 1 is 0.511 bits per heavy atom. The van der Waals surface area contributed by atoms with Crippen LogP contribution in [0.3, 0.4) is 0 Å². The van der Waals surface area contributed by atoms with Gasteiger partial charge in [-0.25, -0.2) is 4.79 Å². The minimum atomic E-state index is -0.359. The summed E-state index contributed by atoms with van der Waals surface area (Å²) in [6, 6.07) is 7.29. The van der Waals surface area contributed by atoms with Crippen molar-refractivity contribution in [3.05, 3.63) is 29.8 Å². The van der Waals surface area contributed by atoms with E-state index in [0.717, 1.165) is 31.6 Å². The molecule has 13 nitrogen and oxygen atoms in total. The zero-order valence-corrected chi connectivity index (χ0v) is 27.6. The summed E-state index contributed by atoms with van der Waals surface area (Å²) in [4.78, 5) is 12.1. The second kappa shape index (κ2) is 33.5. The maximum atomic E-state index is 12.1. The van der Waals surface area contributed by atoms with Crippen LogP contribution < -0.4 is 10.6 Å². The first-order valence-electron chi connectivity index (χ1n) is 16.1. The number of nitrogens with one attached hydrogen (secondary N) is 2. The number of anilines is 1. The summed E-state index contributed by atoms with van der Waals surface area (Å²) >= 11 is 0. The minimum absolute atomic E-state index is 0.193. The zero-order valence-electron chi connectivity index (χ0n) is 27.6. The second-order valence-electron chi connectivity index (χ2n) is 9.61. The molecule has 0 aliphatic heterocycles. The number of carbonyl (C=O) groups is 1. The summed E-state index contributed by atoms with van der Waals surface area (Å²) in [6.45, 7) is 13.2. The van der Waals surface area contributed by atoms with Gasteiger partial charge in [-0.15, -0.1) is 0 Å². The lowest BCUT2D eigenvalue weighted by molar-refractivity contribution is -0.0258. The molecular weight excluding hydrogens is 588 g/mol. The Hall–Kier alpha value is -1.91. The van der Waals surface area contributed by atoms with E-state index in [1.165, 1.54) is 0 Å². The molecule has 0 aliphatic rings. The molecule has 0 atom stereocenters. The van der Waals surface area contributed by atoms with E-state index in [-0.39, 0.29) is 12.6 Å². The molecule has 0 spiro atoms. The van der Waals surface area contributed by atoms with Gasteiger partial charge in [0.1, 0.15) is 6.61 Å². The first kappa shape index (κ1) is 41.1. The molecule has 0 bridgehead atoms. The Morgan fingerprint density at radius 2 is 0.867 bits per heavy atom. The smallest absolute Gasteiger partial charge is 0.338 e. The highest BCUT2D eigenvalue weighted by Gasteiger charge is 2.06. The van der Waals surface area contributed by atoms with Crippen molar-refractivity contribution in [2.75, 3.05) is 151 Å². The van der Waals surface area contributed by atoms with Crippen LogP contribution in [0.1, 0.15) is 30.1 Å². The lowest BCUT2D eigenvalue weighted by Gasteiger charge is -2.09. The maximum absolute atomic E-state index is 12.1. The average molecular weight is 647 g/mol. The van der Waals surface area contributed by atoms with Gasteiger partial charge in [0.25, 0.3) is 0 Å². The number of hydrogen-bond donors (Lipinski definition) is 2. The van der Waals surface area contributed by atoms with Crippen molar-refractivity contribution >= 4 is 11.7 Å². The molecular formula is C32H58N2O11. The maximum Gasteiger partial charge on any atom is 0.338 e. The summed E-state index contributed by atoms with van der Waals surface area (Å²) in [5.74, 6) is -0.359. The molecule has 0 radical (unpaired) electrons. The number of hydrogen-bond acceptors (Lipinski definition) is 13. The number of unbranched alkanes of at least 4 members (excludes halogenated alkanes) is 1. The van der Waals surface area contributed by atoms with Gasteiger partial charge in [0.05, 0.1) is 124 Å². The van der Waals surface area contributed by atoms with Crippen molar-refractivity contribution in [2.24, 2.45) is 0 Å². The molecule has 0 saturated heterocycles. The number of carbonyl (C=O) groups excluding carboxylic acids is 1. The highest BCUT2D eigenvalue weighted by molar-refractivity contribution is 5.89. The van der Waals surface area contributed by atoms with Gasteiger partial charge in [-0.1, -0.05) is 13.3 Å². The van der Waals surface area contributed by atoms with Gasteiger partial charge in [-0.05, 0) is 37.7 Å². The fourth-order valence-corrected chi connectivity index (χ4v) is 3.45. The normalized spacial score (nSPS) is 11.2. The monoisotopic (exact) mass is 646 g/mol. The molecule has 0 heterocycles. The number of esters is 1. The summed E-state index contributed by atoms with van der Waals surface area (Å²) in [5.41, 5.74) is 1.52. The summed E-state index contributed by atoms with van der Waals surface area (Å²) in [6.07, 6.45) is 2.25. The van der Waals surface area contributed by atoms with Gasteiger partial charge in [0.2, 0.25) is 0 Å². The predicted octanol–water partition coefficient (Wildman–Crippen LogP) is 2.42. The van der Waals surface area contributed by atoms with Crippen molar-refractivity contribution in [3.8, 4) is 0 Å². The van der Waals surface area contributed by atoms with Crippen LogP contribution in [0.5, 0.6) is 0 Å². The molecule has 1 aromatic carbocycles. The molecule has 1 aromatic rings. The summed E-state index contributed by atoms with van der Waals surface area (Å²) in [5, 5.41) is 6.33. The molecule has 262 valence electrons. The lowest BCUT2D eigenvalue weighted by atomic mass is 10.2. The Labute approximate surface area is 269 Å². The van der Waals surface area contributed by atoms with Crippen LogP contribution in [0.4, 0.5) is 5.69 Å². The van der Waals surface area contributed by atoms with Crippen LogP contribution in [0.15, 0.2) is 24.3 Å². The number of ether oxygens (including phenoxy) is 10. The molecule has 1 rings (SSSR count). The van der Waals surface area contributed by atoms with Crippen LogP contribution in [0.25, 0.3) is 0 Å². The number of rotatable bonds is 35. The van der Waals surface area contributed by atoms with Crippen molar-refractivity contribution in [2.45, 2.75) is 19.8 Å². The highest BCUT2D eigenvalue weighted by atomic mass is 16.6. The predicted molar refractivity (Wildman–Crippen MR) is 171 cm³/mol. The molecule has 0 amide bonds. The fraction of sp³-hybridized carbons (Fsp3) is 0.781. The standard InChI is InChI=1S/C32H58N2O11/c1-3-4-9-34-31-7-5-30(6-8-31)32(35)45-29-28-44-27-26-43-25-24-42-23-22-41-21-20-40-19-18-39-17-16-38-15-14-37-13-12-36-11-10-33-2/h5-8,33-34H,3-4,9-29H2,1-2H3. The molecule has 13 heteroatoms. The van der Waals surface area contributed by atoms with E-state index in [4.69, 9.17) is 47.4 Å². The minimum Gasteiger partial charge on any atom is -0.460 e. The van der Waals surface area contributed by atoms with Crippen molar-refractivity contribution in [1.82, 2.24) is 5.32 Å². The van der Waals surface area contributed by atoms with Crippen molar-refractivity contribution < 1.29 is 52.2 Å². The van der Waals surface area contributed by atoms with Gasteiger partial charge >= 0.3 is 5.97 Å². The van der Waals surface area contributed by atoms with Crippen LogP contribution >= 0.6 is 0 Å². The lowest BCUT2D eigenvalue weighted by Crippen LogP contribution is -2.17. The van der Waals surface area contributed by atoms with Gasteiger partial charge in [-0.2, -0.15) is 0 Å². The van der Waals surface area contributed by atoms with Gasteiger partial charge < -0.3 is 58.0 Å². The van der Waals surface area contributed by atoms with E-state index in [1.54, 1.807) is 12.1 Å². The fourth-order valence-electron chi connectivity index (χ4n) is 3.45. The first-order chi connectivity index (χ1) is 22.3. The van der Waals surface area contributed by atoms with E-state index < -0.39 is 0 Å². The van der Waals surface area contributed by atoms with Gasteiger partial charge in [0.15, 0.2) is 0 Å². The SMILES string of the molecule is CCCCNc1ccc(C(=O)OCCOCCOCCOCCOCCOCCOCCOCCOCCOCCNC)cc1. The second-order valence-corrected chi connectivity index (χ2v) is 9.61. The largest absolute Gasteiger partial charge is 0.460 e. The highest BCUT2D eigenvalue weighted by Crippen LogP contribution is 2.10. The Bertz CT molecular complexity index is 759. The third-order valence-corrected chi connectivity index (χ3v) is 5.91. The Balaban J connectivity index is 1.72. The Morgan fingerprint density at radius 3 is 1.22 bits per heavy atom. The van der Waals surface area contributed by atoms with E-state index in [1.807, 2.05) is 19.2 Å². The van der Waals surface area contributed by atoms with Crippen LogP contribution in [-0.4, -0.2) is 152 Å². The number of benzene rings is 1. The van der Waals surface area contributed by atoms with Crippen LogP contribution in [0, 0.1) is 0 Å². The molecule has 0 unspecified atom stereocenters. The van der Waals surface area contributed by atoms with E-state index >= 15 is 0 Å². The molecule has 0 saturated carbocycles. The zero-order chi connectivity index (χ0) is 32.3. The topological polar surface area (TPSA) is 133 Å². The quantitative estimate of drug-likeness (QED) is 0.0827. The van der Waals surface area contributed by atoms with Crippen LogP contribution in [0.2, 0.25) is 0 Å². The van der Waals surface area contributed by atoms with Crippen molar-refractivity contribution in [1.29, 1.82) is 0 Å².